The first-order valence-electron chi connectivity index (χ1n) is 9.64. The Hall–Kier alpha value is -4.44. The molecule has 1 amide bonds. The second kappa shape index (κ2) is 10.9. The molecule has 3 aromatic carbocycles. The summed E-state index contributed by atoms with van der Waals surface area (Å²) in [7, 11) is 2.89. The number of esters is 1. The normalized spacial score (nSPS) is 10.6. The molecule has 0 fully saturated rings. The third kappa shape index (κ3) is 5.87. The molecular weight excluding hydrogens is 466 g/mol. The van der Waals surface area contributed by atoms with Crippen molar-refractivity contribution in [1.82, 2.24) is 5.43 Å². The van der Waals surface area contributed by atoms with Gasteiger partial charge in [0.1, 0.15) is 5.75 Å². The van der Waals surface area contributed by atoms with Gasteiger partial charge in [-0.1, -0.05) is 17.7 Å². The Labute approximate surface area is 198 Å². The Balaban J connectivity index is 1.73. The molecule has 174 valence electrons. The molecule has 1 N–H and O–H groups in total. The monoisotopic (exact) mass is 483 g/mol. The van der Waals surface area contributed by atoms with Crippen molar-refractivity contribution >= 4 is 35.4 Å². The van der Waals surface area contributed by atoms with Gasteiger partial charge in [-0.2, -0.15) is 5.10 Å². The topological polar surface area (TPSA) is 129 Å². The van der Waals surface area contributed by atoms with Crippen molar-refractivity contribution in [3.05, 3.63) is 92.5 Å². The number of rotatable bonds is 8. The van der Waals surface area contributed by atoms with Gasteiger partial charge in [0, 0.05) is 17.7 Å². The molecule has 0 aliphatic carbocycles. The van der Waals surface area contributed by atoms with Crippen molar-refractivity contribution < 1.29 is 28.7 Å². The van der Waals surface area contributed by atoms with Gasteiger partial charge in [0.05, 0.1) is 35.9 Å². The summed E-state index contributed by atoms with van der Waals surface area (Å²) in [4.78, 5) is 34.9. The maximum absolute atomic E-state index is 12.5. The smallest absolute Gasteiger partial charge is 0.343 e. The summed E-state index contributed by atoms with van der Waals surface area (Å²) in [5.41, 5.74) is 2.85. The molecule has 11 heteroatoms. The largest absolute Gasteiger partial charge is 0.497 e. The summed E-state index contributed by atoms with van der Waals surface area (Å²) >= 11 is 6.29. The van der Waals surface area contributed by atoms with Crippen LogP contribution >= 0.6 is 11.6 Å². The lowest BCUT2D eigenvalue weighted by atomic mass is 10.2. The van der Waals surface area contributed by atoms with Crippen LogP contribution in [0.15, 0.2) is 65.8 Å². The lowest BCUT2D eigenvalue weighted by Gasteiger charge is -2.12. The highest BCUT2D eigenvalue weighted by molar-refractivity contribution is 6.32. The Kier molecular flexibility index (Phi) is 7.78. The summed E-state index contributed by atoms with van der Waals surface area (Å²) in [6.45, 7) is 0. The zero-order valence-corrected chi connectivity index (χ0v) is 18.7. The van der Waals surface area contributed by atoms with Crippen LogP contribution in [0.4, 0.5) is 5.69 Å². The molecule has 0 atom stereocenters. The SMILES string of the molecule is COc1ccc(C(=O)Oc2c(Cl)cc(/C=N/NC(=O)c3cccc([N+](=O)[O-])c3)cc2OC)cc1. The standard InChI is InChI=1S/C23H18ClN3O7/c1-32-18-8-6-15(7-9-18)23(29)34-21-19(24)10-14(11-20(21)33-2)13-25-26-22(28)16-4-3-5-17(12-16)27(30)31/h3-13H,1-2H3,(H,26,28)/b25-13+. The van der Waals surface area contributed by atoms with E-state index in [-0.39, 0.29) is 33.3 Å². The molecule has 0 spiro atoms. The molecular formula is C23H18ClN3O7. The fourth-order valence-corrected chi connectivity index (χ4v) is 3.04. The quantitative estimate of drug-likeness (QED) is 0.167. The number of hydrogen-bond donors (Lipinski definition) is 1. The zero-order valence-electron chi connectivity index (χ0n) is 18.0. The summed E-state index contributed by atoms with van der Waals surface area (Å²) in [6.07, 6.45) is 1.29. The van der Waals surface area contributed by atoms with Gasteiger partial charge >= 0.3 is 5.97 Å². The second-order valence-corrected chi connectivity index (χ2v) is 7.07. The molecule has 0 radical (unpaired) electrons. The Morgan fingerprint density at radius 1 is 1.03 bits per heavy atom. The van der Waals surface area contributed by atoms with E-state index >= 15 is 0 Å². The molecule has 0 aliphatic heterocycles. The van der Waals surface area contributed by atoms with Crippen LogP contribution in [0.5, 0.6) is 17.2 Å². The van der Waals surface area contributed by atoms with Crippen molar-refractivity contribution in [3.8, 4) is 17.2 Å². The molecule has 0 saturated carbocycles. The van der Waals surface area contributed by atoms with E-state index in [1.165, 1.54) is 50.8 Å². The van der Waals surface area contributed by atoms with Crippen LogP contribution in [0.2, 0.25) is 5.02 Å². The van der Waals surface area contributed by atoms with Crippen LogP contribution in [0.25, 0.3) is 0 Å². The number of hydrazone groups is 1. The lowest BCUT2D eigenvalue weighted by molar-refractivity contribution is -0.384. The number of nitrogens with one attached hydrogen (secondary N) is 1. The van der Waals surface area contributed by atoms with Gasteiger partial charge in [0.25, 0.3) is 11.6 Å². The number of nitrogens with zero attached hydrogens (tertiary/aromatic N) is 2. The van der Waals surface area contributed by atoms with Crippen LogP contribution in [0, 0.1) is 10.1 Å². The van der Waals surface area contributed by atoms with Gasteiger partial charge in [0.2, 0.25) is 0 Å². The molecule has 3 rings (SSSR count). The van der Waals surface area contributed by atoms with Gasteiger partial charge in [-0.25, -0.2) is 10.2 Å². The summed E-state index contributed by atoms with van der Waals surface area (Å²) in [6, 6.07) is 14.5. The van der Waals surface area contributed by atoms with Gasteiger partial charge in [0.15, 0.2) is 11.5 Å². The molecule has 10 nitrogen and oxygen atoms in total. The second-order valence-electron chi connectivity index (χ2n) is 6.66. The molecule has 0 unspecified atom stereocenters. The molecule has 0 aliphatic rings. The Morgan fingerprint density at radius 3 is 2.41 bits per heavy atom. The number of nitro benzene ring substituents is 1. The van der Waals surface area contributed by atoms with Crippen LogP contribution < -0.4 is 19.6 Å². The van der Waals surface area contributed by atoms with Crippen molar-refractivity contribution in [2.75, 3.05) is 14.2 Å². The molecule has 3 aromatic rings. The number of carbonyl (C=O) groups excluding carboxylic acids is 2. The van der Waals surface area contributed by atoms with Crippen LogP contribution in [0.3, 0.4) is 0 Å². The number of hydrogen-bond acceptors (Lipinski definition) is 8. The van der Waals surface area contributed by atoms with E-state index in [1.54, 1.807) is 24.3 Å². The first kappa shape index (κ1) is 24.2. The predicted molar refractivity (Wildman–Crippen MR) is 124 cm³/mol. The van der Waals surface area contributed by atoms with Crippen LogP contribution in [0.1, 0.15) is 26.3 Å². The van der Waals surface area contributed by atoms with E-state index in [1.807, 2.05) is 0 Å². The number of nitro groups is 1. The minimum atomic E-state index is -0.645. The summed E-state index contributed by atoms with van der Waals surface area (Å²) in [5.74, 6) is -0.506. The van der Waals surface area contributed by atoms with E-state index in [2.05, 4.69) is 10.5 Å². The van der Waals surface area contributed by atoms with Gasteiger partial charge in [-0.05, 0) is 48.0 Å². The highest BCUT2D eigenvalue weighted by Gasteiger charge is 2.17. The fraction of sp³-hybridized carbons (Fsp3) is 0.0870. The van der Waals surface area contributed by atoms with Crippen LogP contribution in [-0.2, 0) is 0 Å². The minimum absolute atomic E-state index is 0.0164. The average Bonchev–Trinajstić information content (AvgIpc) is 2.85. The Morgan fingerprint density at radius 2 is 1.76 bits per heavy atom. The zero-order chi connectivity index (χ0) is 24.7. The molecule has 0 saturated heterocycles. The number of carbonyl (C=O) groups is 2. The van der Waals surface area contributed by atoms with Gasteiger partial charge in [-0.3, -0.25) is 14.9 Å². The third-order valence-corrected chi connectivity index (χ3v) is 4.75. The number of benzene rings is 3. The predicted octanol–water partition coefficient (Wildman–Crippen LogP) is 4.25. The minimum Gasteiger partial charge on any atom is -0.497 e. The first-order valence-corrected chi connectivity index (χ1v) is 10.0. The van der Waals surface area contributed by atoms with Crippen molar-refractivity contribution in [1.29, 1.82) is 0 Å². The van der Waals surface area contributed by atoms with E-state index < -0.39 is 16.8 Å². The van der Waals surface area contributed by atoms with Crippen molar-refractivity contribution in [2.45, 2.75) is 0 Å². The van der Waals surface area contributed by atoms with E-state index in [0.717, 1.165) is 6.07 Å². The van der Waals surface area contributed by atoms with E-state index in [9.17, 15) is 19.7 Å². The number of methoxy groups -OCH3 is 2. The number of non-ortho nitro benzene ring substituents is 1. The molecule has 0 aromatic heterocycles. The molecule has 0 heterocycles. The van der Waals surface area contributed by atoms with Crippen molar-refractivity contribution in [3.63, 3.8) is 0 Å². The van der Waals surface area contributed by atoms with Gasteiger partial charge < -0.3 is 14.2 Å². The number of amides is 1. The van der Waals surface area contributed by atoms with Crippen LogP contribution in [-0.4, -0.2) is 37.2 Å². The Bertz CT molecular complexity index is 1260. The highest BCUT2D eigenvalue weighted by Crippen LogP contribution is 2.36. The van der Waals surface area contributed by atoms with Crippen molar-refractivity contribution in [2.24, 2.45) is 5.10 Å². The maximum atomic E-state index is 12.5. The first-order chi connectivity index (χ1) is 16.3. The number of halogens is 1. The summed E-state index contributed by atoms with van der Waals surface area (Å²) < 4.78 is 15.7. The average molecular weight is 484 g/mol. The van der Waals surface area contributed by atoms with Gasteiger partial charge in [-0.15, -0.1) is 0 Å². The number of ether oxygens (including phenoxy) is 3. The lowest BCUT2D eigenvalue weighted by Crippen LogP contribution is -2.17. The molecule has 34 heavy (non-hydrogen) atoms. The van der Waals surface area contributed by atoms with E-state index in [4.69, 9.17) is 25.8 Å². The highest BCUT2D eigenvalue weighted by atomic mass is 35.5. The maximum Gasteiger partial charge on any atom is 0.343 e. The third-order valence-electron chi connectivity index (χ3n) is 4.47. The summed E-state index contributed by atoms with van der Waals surface area (Å²) in [5, 5.41) is 14.8. The molecule has 0 bridgehead atoms. The van der Waals surface area contributed by atoms with E-state index in [0.29, 0.717) is 11.3 Å². The fourth-order valence-electron chi connectivity index (χ4n) is 2.78.